The van der Waals surface area contributed by atoms with Crippen LogP contribution in [0.3, 0.4) is 0 Å². The minimum absolute atomic E-state index is 0.0504. The SMILES string of the molecule is C=CCCC(=O)N(C)[C@H](C)[C@H](OC(=O)[C@@H]1[C@@H]2CC[C@]3(O2)[C@H](C(=O)N(CC=C)C(C)(C)C)N(CCCCCO)C(=O)[C@@H]13)c1ccccc1. The fourth-order valence-electron chi connectivity index (χ4n) is 7.61. The van der Waals surface area contributed by atoms with Gasteiger partial charge in [0.1, 0.15) is 17.7 Å². The molecule has 0 unspecified atom stereocenters. The van der Waals surface area contributed by atoms with Gasteiger partial charge in [-0.1, -0.05) is 42.5 Å². The van der Waals surface area contributed by atoms with Crippen LogP contribution < -0.4 is 0 Å². The van der Waals surface area contributed by atoms with Crippen molar-refractivity contribution in [3.8, 4) is 0 Å². The van der Waals surface area contributed by atoms with Gasteiger partial charge in [0.15, 0.2) is 0 Å². The Kier molecular flexibility index (Phi) is 11.7. The van der Waals surface area contributed by atoms with E-state index in [0.29, 0.717) is 58.0 Å². The zero-order chi connectivity index (χ0) is 34.5. The van der Waals surface area contributed by atoms with Crippen molar-refractivity contribution in [1.82, 2.24) is 14.7 Å². The molecule has 1 N–H and O–H groups in total. The van der Waals surface area contributed by atoms with Crippen molar-refractivity contribution in [1.29, 1.82) is 0 Å². The summed E-state index contributed by atoms with van der Waals surface area (Å²) in [7, 11) is 1.70. The third-order valence-corrected chi connectivity index (χ3v) is 10.1. The summed E-state index contributed by atoms with van der Waals surface area (Å²) in [6.45, 7) is 15.9. The van der Waals surface area contributed by atoms with E-state index in [-0.39, 0.29) is 24.3 Å². The van der Waals surface area contributed by atoms with Crippen LogP contribution in [0.2, 0.25) is 0 Å². The number of carbonyl (C=O) groups is 4. The normalized spacial score (nSPS) is 26.0. The van der Waals surface area contributed by atoms with Crippen LogP contribution in [0, 0.1) is 11.8 Å². The standard InChI is InChI=1S/C37H53N3O7/c1-8-10-19-28(42)38(7)25(3)31(26-17-13-11-14-18-26)46-35(45)29-27-20-21-37(47-27)30(29)33(43)39(23-15-12-16-24-41)32(37)34(44)40(22-9-2)36(4,5)6/h8-9,11,13-14,17-18,25,27,29-32,41H,1-2,10,12,15-16,19-24H2,3-7H3/t25-,27+,29-,30-,31+,32+,37-/m1/s1. The van der Waals surface area contributed by atoms with Crippen molar-refractivity contribution in [2.45, 2.75) is 108 Å². The van der Waals surface area contributed by atoms with Crippen LogP contribution in [-0.2, 0) is 28.7 Å². The lowest BCUT2D eigenvalue weighted by molar-refractivity contribution is -0.164. The first-order chi connectivity index (χ1) is 22.3. The molecule has 1 spiro atoms. The average Bonchev–Trinajstić information content (AvgIpc) is 3.69. The number of hydrogen-bond acceptors (Lipinski definition) is 7. The Balaban J connectivity index is 1.68. The Labute approximate surface area is 279 Å². The van der Waals surface area contributed by atoms with E-state index in [1.54, 1.807) is 33.9 Å². The first-order valence-electron chi connectivity index (χ1n) is 17.0. The van der Waals surface area contributed by atoms with Gasteiger partial charge in [0.25, 0.3) is 0 Å². The van der Waals surface area contributed by atoms with Crippen molar-refractivity contribution in [3.63, 3.8) is 0 Å². The van der Waals surface area contributed by atoms with Gasteiger partial charge in [-0.15, -0.1) is 13.2 Å². The quantitative estimate of drug-likeness (QED) is 0.160. The van der Waals surface area contributed by atoms with Gasteiger partial charge >= 0.3 is 5.97 Å². The van der Waals surface area contributed by atoms with Crippen LogP contribution in [0.25, 0.3) is 0 Å². The molecule has 0 saturated carbocycles. The Hall–Kier alpha value is -3.50. The monoisotopic (exact) mass is 651 g/mol. The van der Waals surface area contributed by atoms with E-state index in [4.69, 9.17) is 9.47 Å². The lowest BCUT2D eigenvalue weighted by atomic mass is 9.70. The summed E-state index contributed by atoms with van der Waals surface area (Å²) < 4.78 is 13.0. The minimum Gasteiger partial charge on any atom is -0.455 e. The molecule has 0 aromatic heterocycles. The second kappa shape index (κ2) is 15.2. The van der Waals surface area contributed by atoms with Crippen LogP contribution in [0.15, 0.2) is 55.6 Å². The first-order valence-corrected chi connectivity index (χ1v) is 17.0. The second-order valence-electron chi connectivity index (χ2n) is 14.1. The predicted octanol–water partition coefficient (Wildman–Crippen LogP) is 4.43. The number of rotatable bonds is 16. The number of ether oxygens (including phenoxy) is 2. The molecule has 1 aromatic carbocycles. The number of fused-ring (bicyclic) bond motifs is 1. The highest BCUT2D eigenvalue weighted by Gasteiger charge is 2.75. The summed E-state index contributed by atoms with van der Waals surface area (Å²) in [6, 6.07) is 7.91. The van der Waals surface area contributed by atoms with E-state index in [2.05, 4.69) is 13.2 Å². The van der Waals surface area contributed by atoms with Gasteiger partial charge < -0.3 is 29.3 Å². The lowest BCUT2D eigenvalue weighted by Crippen LogP contribution is -2.59. The summed E-state index contributed by atoms with van der Waals surface area (Å²) in [6.07, 6.45) is 5.74. The fraction of sp³-hybridized carbons (Fsp3) is 0.622. The molecule has 0 aliphatic carbocycles. The zero-order valence-corrected chi connectivity index (χ0v) is 28.7. The number of amides is 3. The Morgan fingerprint density at radius 1 is 1.15 bits per heavy atom. The molecule has 3 amide bonds. The molecule has 3 saturated heterocycles. The number of likely N-dealkylation sites (N-methyl/N-ethyl adjacent to an activating group) is 1. The zero-order valence-electron chi connectivity index (χ0n) is 28.7. The van der Waals surface area contributed by atoms with Crippen molar-refractivity contribution in [3.05, 3.63) is 61.2 Å². The molecule has 1 aromatic rings. The number of aliphatic hydroxyl groups excluding tert-OH is 1. The van der Waals surface area contributed by atoms with Crippen LogP contribution in [-0.4, -0.2) is 99.6 Å². The number of esters is 1. The summed E-state index contributed by atoms with van der Waals surface area (Å²) in [5.41, 5.74) is -0.971. The molecule has 10 nitrogen and oxygen atoms in total. The number of aliphatic hydroxyl groups is 1. The van der Waals surface area contributed by atoms with Gasteiger partial charge in [0.05, 0.1) is 24.0 Å². The highest BCUT2D eigenvalue weighted by Crippen LogP contribution is 2.59. The maximum Gasteiger partial charge on any atom is 0.313 e. The number of hydrogen-bond donors (Lipinski definition) is 1. The third kappa shape index (κ3) is 7.18. The van der Waals surface area contributed by atoms with Crippen LogP contribution in [0.1, 0.15) is 84.3 Å². The Bertz CT molecular complexity index is 1310. The first kappa shape index (κ1) is 36.3. The van der Waals surface area contributed by atoms with Gasteiger partial charge in [-0.05, 0) is 71.8 Å². The summed E-state index contributed by atoms with van der Waals surface area (Å²) in [5, 5.41) is 9.33. The molecule has 10 heteroatoms. The van der Waals surface area contributed by atoms with E-state index in [9.17, 15) is 24.3 Å². The summed E-state index contributed by atoms with van der Waals surface area (Å²) >= 11 is 0. The average molecular weight is 652 g/mol. The molecular weight excluding hydrogens is 598 g/mol. The van der Waals surface area contributed by atoms with E-state index in [1.165, 1.54) is 0 Å². The molecule has 7 atom stereocenters. The van der Waals surface area contributed by atoms with Crippen LogP contribution in [0.4, 0.5) is 0 Å². The van der Waals surface area contributed by atoms with Gasteiger partial charge in [0, 0.05) is 38.7 Å². The third-order valence-electron chi connectivity index (χ3n) is 10.1. The second-order valence-corrected chi connectivity index (χ2v) is 14.1. The summed E-state index contributed by atoms with van der Waals surface area (Å²) in [4.78, 5) is 61.2. The smallest absolute Gasteiger partial charge is 0.313 e. The molecular formula is C37H53N3O7. The van der Waals surface area contributed by atoms with E-state index >= 15 is 0 Å². The molecule has 4 rings (SSSR count). The van der Waals surface area contributed by atoms with E-state index < -0.39 is 53.2 Å². The molecule has 3 aliphatic heterocycles. The number of carbonyl (C=O) groups excluding carboxylic acids is 4. The van der Waals surface area contributed by atoms with Crippen LogP contribution in [0.5, 0.6) is 0 Å². The van der Waals surface area contributed by atoms with Crippen molar-refractivity contribution in [2.24, 2.45) is 11.8 Å². The Morgan fingerprint density at radius 2 is 1.85 bits per heavy atom. The fourth-order valence-corrected chi connectivity index (χ4v) is 7.61. The van der Waals surface area contributed by atoms with Gasteiger partial charge in [-0.25, -0.2) is 0 Å². The molecule has 3 aliphatic rings. The Morgan fingerprint density at radius 3 is 2.47 bits per heavy atom. The summed E-state index contributed by atoms with van der Waals surface area (Å²) in [5.74, 6) is -2.91. The van der Waals surface area contributed by atoms with E-state index in [1.807, 2.05) is 58.0 Å². The number of benzene rings is 1. The van der Waals surface area contributed by atoms with Crippen LogP contribution >= 0.6 is 0 Å². The van der Waals surface area contributed by atoms with Crippen molar-refractivity contribution < 1.29 is 33.8 Å². The number of nitrogens with zero attached hydrogens (tertiary/aromatic N) is 3. The van der Waals surface area contributed by atoms with Crippen molar-refractivity contribution in [2.75, 3.05) is 26.7 Å². The minimum atomic E-state index is -1.16. The molecule has 47 heavy (non-hydrogen) atoms. The van der Waals surface area contributed by atoms with Gasteiger partial charge in [0.2, 0.25) is 17.7 Å². The van der Waals surface area contributed by atoms with Gasteiger partial charge in [-0.2, -0.15) is 0 Å². The predicted molar refractivity (Wildman–Crippen MR) is 179 cm³/mol. The number of likely N-dealkylation sites (tertiary alicyclic amines) is 1. The highest BCUT2D eigenvalue weighted by atomic mass is 16.6. The lowest BCUT2D eigenvalue weighted by Gasteiger charge is -2.42. The number of unbranched alkanes of at least 4 members (excludes halogenated alkanes) is 2. The molecule has 258 valence electrons. The largest absolute Gasteiger partial charge is 0.455 e. The molecule has 0 radical (unpaired) electrons. The van der Waals surface area contributed by atoms with Gasteiger partial charge in [-0.3, -0.25) is 19.2 Å². The molecule has 2 bridgehead atoms. The maximum absolute atomic E-state index is 14.5. The van der Waals surface area contributed by atoms with Crippen molar-refractivity contribution >= 4 is 23.7 Å². The maximum atomic E-state index is 14.5. The molecule has 3 fully saturated rings. The van der Waals surface area contributed by atoms with E-state index in [0.717, 1.165) is 5.56 Å². The topological polar surface area (TPSA) is 117 Å². The number of allylic oxidation sites excluding steroid dienone is 1. The molecule has 3 heterocycles. The highest BCUT2D eigenvalue weighted by molar-refractivity contribution is 5.98.